The molecule has 0 radical (unpaired) electrons. The molecule has 1 N–H and O–H groups in total. The number of benzene rings is 3. The summed E-state index contributed by atoms with van der Waals surface area (Å²) in [5.74, 6) is -0.716. The minimum Gasteiger partial charge on any atom is -0.427 e. The first-order valence-electron chi connectivity index (χ1n) is 10.2. The van der Waals surface area contributed by atoms with Gasteiger partial charge in [0.1, 0.15) is 11.5 Å². The first-order valence-corrected chi connectivity index (χ1v) is 10.2. The van der Waals surface area contributed by atoms with Gasteiger partial charge in [-0.2, -0.15) is 0 Å². The largest absolute Gasteiger partial charge is 0.427 e. The first kappa shape index (κ1) is 22.4. The first-order chi connectivity index (χ1) is 16.4. The second-order valence-electron chi connectivity index (χ2n) is 7.19. The van der Waals surface area contributed by atoms with Gasteiger partial charge in [-0.1, -0.05) is 18.2 Å². The number of carbonyl (C=O) groups excluding carboxylic acids is 3. The van der Waals surface area contributed by atoms with Gasteiger partial charge in [-0.05, 0) is 48.5 Å². The standard InChI is InChI=1S/C25H19N3O6/c1-15(29)32-21-12-19(13-22(14-21)33-16(2)30)23(31)26-20-10-8-18(9-11-20)25-28-27-24(34-25)17-6-4-3-5-7-17/h3-14H,1-2H3,(H,26,31). The summed E-state index contributed by atoms with van der Waals surface area (Å²) in [5, 5.41) is 10.9. The molecule has 0 aliphatic rings. The van der Waals surface area contributed by atoms with E-state index in [2.05, 4.69) is 15.5 Å². The molecule has 1 aromatic heterocycles. The van der Waals surface area contributed by atoms with E-state index in [4.69, 9.17) is 13.9 Å². The summed E-state index contributed by atoms with van der Waals surface area (Å²) in [6.07, 6.45) is 0. The molecule has 0 bridgehead atoms. The van der Waals surface area contributed by atoms with Gasteiger partial charge in [0.15, 0.2) is 0 Å². The van der Waals surface area contributed by atoms with Crippen LogP contribution in [0.5, 0.6) is 11.5 Å². The van der Waals surface area contributed by atoms with Crippen molar-refractivity contribution in [2.45, 2.75) is 13.8 Å². The molecule has 0 aliphatic heterocycles. The average molecular weight is 457 g/mol. The van der Waals surface area contributed by atoms with Gasteiger partial charge >= 0.3 is 11.9 Å². The number of ether oxygens (including phenoxy) is 2. The van der Waals surface area contributed by atoms with E-state index < -0.39 is 17.8 Å². The molecule has 9 nitrogen and oxygen atoms in total. The van der Waals surface area contributed by atoms with Crippen molar-refractivity contribution in [3.05, 3.63) is 78.4 Å². The molecule has 0 spiro atoms. The predicted octanol–water partition coefficient (Wildman–Crippen LogP) is 4.51. The quantitative estimate of drug-likeness (QED) is 0.332. The molecule has 0 saturated carbocycles. The lowest BCUT2D eigenvalue weighted by Gasteiger charge is -2.10. The van der Waals surface area contributed by atoms with E-state index >= 15 is 0 Å². The van der Waals surface area contributed by atoms with Crippen LogP contribution < -0.4 is 14.8 Å². The minimum atomic E-state index is -0.571. The Morgan fingerprint density at radius 2 is 1.26 bits per heavy atom. The van der Waals surface area contributed by atoms with Gasteiger partial charge in [-0.15, -0.1) is 10.2 Å². The zero-order chi connectivity index (χ0) is 24.1. The lowest BCUT2D eigenvalue weighted by Crippen LogP contribution is -2.13. The number of rotatable bonds is 6. The van der Waals surface area contributed by atoms with E-state index in [0.29, 0.717) is 23.0 Å². The van der Waals surface area contributed by atoms with Crippen molar-refractivity contribution in [1.82, 2.24) is 10.2 Å². The van der Waals surface area contributed by atoms with E-state index in [-0.39, 0.29) is 17.1 Å². The van der Waals surface area contributed by atoms with E-state index in [0.717, 1.165) is 5.56 Å². The second-order valence-corrected chi connectivity index (χ2v) is 7.19. The summed E-state index contributed by atoms with van der Waals surface area (Å²) in [6.45, 7) is 2.46. The summed E-state index contributed by atoms with van der Waals surface area (Å²) >= 11 is 0. The summed E-state index contributed by atoms with van der Waals surface area (Å²) in [7, 11) is 0. The molecule has 9 heteroatoms. The topological polar surface area (TPSA) is 121 Å². The highest BCUT2D eigenvalue weighted by atomic mass is 16.5. The Morgan fingerprint density at radius 1 is 0.735 bits per heavy atom. The van der Waals surface area contributed by atoms with Crippen molar-refractivity contribution in [2.75, 3.05) is 5.32 Å². The van der Waals surface area contributed by atoms with Gasteiger partial charge in [0, 0.05) is 42.3 Å². The fourth-order valence-corrected chi connectivity index (χ4v) is 3.09. The van der Waals surface area contributed by atoms with Crippen LogP contribution in [0.15, 0.2) is 77.2 Å². The number of carbonyl (C=O) groups is 3. The summed E-state index contributed by atoms with van der Waals surface area (Å²) in [6, 6.07) is 20.4. The van der Waals surface area contributed by atoms with Gasteiger partial charge < -0.3 is 19.2 Å². The number of hydrogen-bond acceptors (Lipinski definition) is 8. The van der Waals surface area contributed by atoms with Crippen molar-refractivity contribution in [1.29, 1.82) is 0 Å². The number of aromatic nitrogens is 2. The monoisotopic (exact) mass is 457 g/mol. The van der Waals surface area contributed by atoms with Crippen LogP contribution in [-0.4, -0.2) is 28.0 Å². The van der Waals surface area contributed by atoms with E-state index in [9.17, 15) is 14.4 Å². The Morgan fingerprint density at radius 3 is 1.79 bits per heavy atom. The van der Waals surface area contributed by atoms with Gasteiger partial charge in [-0.3, -0.25) is 14.4 Å². The van der Waals surface area contributed by atoms with Crippen LogP contribution >= 0.6 is 0 Å². The van der Waals surface area contributed by atoms with Gasteiger partial charge in [0.05, 0.1) is 0 Å². The molecule has 0 aliphatic carbocycles. The van der Waals surface area contributed by atoms with Crippen molar-refractivity contribution in [3.8, 4) is 34.4 Å². The van der Waals surface area contributed by atoms with E-state index in [1.54, 1.807) is 24.3 Å². The molecule has 1 amide bonds. The van der Waals surface area contributed by atoms with Gasteiger partial charge in [0.2, 0.25) is 11.8 Å². The third kappa shape index (κ3) is 5.52. The maximum atomic E-state index is 12.8. The Kier molecular flexibility index (Phi) is 6.45. The number of esters is 2. The third-order valence-corrected chi connectivity index (χ3v) is 4.50. The lowest BCUT2D eigenvalue weighted by molar-refractivity contribution is -0.132. The van der Waals surface area contributed by atoms with Crippen LogP contribution in [0, 0.1) is 0 Å². The number of hydrogen-bond donors (Lipinski definition) is 1. The molecule has 4 rings (SSSR count). The molecule has 0 atom stereocenters. The van der Waals surface area contributed by atoms with Crippen molar-refractivity contribution >= 4 is 23.5 Å². The molecule has 0 saturated heterocycles. The molecule has 1 heterocycles. The molecule has 170 valence electrons. The van der Waals surface area contributed by atoms with Gasteiger partial charge in [0.25, 0.3) is 5.91 Å². The fourth-order valence-electron chi connectivity index (χ4n) is 3.09. The number of nitrogens with one attached hydrogen (secondary N) is 1. The van der Waals surface area contributed by atoms with Crippen LogP contribution in [0.3, 0.4) is 0 Å². The normalized spacial score (nSPS) is 10.4. The zero-order valence-electron chi connectivity index (χ0n) is 18.3. The Hall–Kier alpha value is -4.79. The summed E-state index contributed by atoms with van der Waals surface area (Å²) < 4.78 is 15.8. The van der Waals surface area contributed by atoms with E-state index in [1.165, 1.54) is 32.0 Å². The maximum Gasteiger partial charge on any atom is 0.308 e. The lowest BCUT2D eigenvalue weighted by atomic mass is 10.1. The minimum absolute atomic E-state index is 0.0809. The SMILES string of the molecule is CC(=O)Oc1cc(OC(C)=O)cc(C(=O)Nc2ccc(-c3nnc(-c4ccccc4)o3)cc2)c1. The highest BCUT2D eigenvalue weighted by molar-refractivity contribution is 6.05. The molecule has 34 heavy (non-hydrogen) atoms. The zero-order valence-corrected chi connectivity index (χ0v) is 18.3. The number of amides is 1. The van der Waals surface area contributed by atoms with Crippen LogP contribution in [-0.2, 0) is 9.59 Å². The van der Waals surface area contributed by atoms with Crippen molar-refractivity contribution in [2.24, 2.45) is 0 Å². The Balaban J connectivity index is 1.50. The highest BCUT2D eigenvalue weighted by Gasteiger charge is 2.14. The van der Waals surface area contributed by atoms with Crippen LogP contribution in [0.1, 0.15) is 24.2 Å². The average Bonchev–Trinajstić information content (AvgIpc) is 3.29. The van der Waals surface area contributed by atoms with Gasteiger partial charge in [-0.25, -0.2) is 0 Å². The molecular formula is C25H19N3O6. The third-order valence-electron chi connectivity index (χ3n) is 4.50. The van der Waals surface area contributed by atoms with Crippen molar-refractivity contribution in [3.63, 3.8) is 0 Å². The summed E-state index contributed by atoms with van der Waals surface area (Å²) in [5.41, 5.74) is 2.14. The Bertz CT molecular complexity index is 1310. The molecule has 0 unspecified atom stereocenters. The predicted molar refractivity (Wildman–Crippen MR) is 122 cm³/mol. The van der Waals surface area contributed by atoms with E-state index in [1.807, 2.05) is 30.3 Å². The molecule has 4 aromatic rings. The fraction of sp³-hybridized carbons (Fsp3) is 0.0800. The maximum absolute atomic E-state index is 12.8. The van der Waals surface area contributed by atoms with Crippen LogP contribution in [0.4, 0.5) is 5.69 Å². The highest BCUT2D eigenvalue weighted by Crippen LogP contribution is 2.26. The number of anilines is 1. The molecular weight excluding hydrogens is 438 g/mol. The smallest absolute Gasteiger partial charge is 0.308 e. The number of nitrogens with zero attached hydrogens (tertiary/aromatic N) is 2. The Labute approximate surface area is 194 Å². The summed E-state index contributed by atoms with van der Waals surface area (Å²) in [4.78, 5) is 35.4. The molecule has 3 aromatic carbocycles. The van der Waals surface area contributed by atoms with Crippen LogP contribution in [0.2, 0.25) is 0 Å². The molecule has 0 fully saturated rings. The van der Waals surface area contributed by atoms with Crippen molar-refractivity contribution < 1.29 is 28.3 Å². The second kappa shape index (κ2) is 9.78. The van der Waals surface area contributed by atoms with Crippen LogP contribution in [0.25, 0.3) is 22.9 Å².